The van der Waals surface area contributed by atoms with Crippen molar-refractivity contribution >= 4 is 0 Å². The van der Waals surface area contributed by atoms with Crippen LogP contribution in [0.25, 0.3) is 0 Å². The molecule has 30 heavy (non-hydrogen) atoms. The molecule has 3 heteroatoms. The highest BCUT2D eigenvalue weighted by Crippen LogP contribution is 2.62. The number of hydrogen-bond donors (Lipinski definition) is 0. The molecule has 1 aliphatic heterocycles. The van der Waals surface area contributed by atoms with Gasteiger partial charge < -0.3 is 4.74 Å². The number of unbranched alkanes of at least 4 members (excludes halogenated alkanes) is 3. The molecule has 1 nitrogen and oxygen atoms in total. The van der Waals surface area contributed by atoms with E-state index in [-0.39, 0.29) is 8.77 Å². The molecule has 4 fully saturated rings. The van der Waals surface area contributed by atoms with Crippen molar-refractivity contribution in [3.8, 4) is 0 Å². The molecule has 0 bridgehead atoms. The molecule has 4 aliphatic rings. The first-order chi connectivity index (χ1) is 14.4. The van der Waals surface area contributed by atoms with Gasteiger partial charge in [0.05, 0.1) is 0 Å². The summed E-state index contributed by atoms with van der Waals surface area (Å²) >= 11 is 0. The van der Waals surface area contributed by atoms with E-state index >= 15 is 8.78 Å². The van der Waals surface area contributed by atoms with E-state index in [1.165, 1.54) is 64.2 Å². The van der Waals surface area contributed by atoms with Gasteiger partial charge in [-0.2, -0.15) is 0 Å². The third kappa shape index (κ3) is 4.35. The predicted molar refractivity (Wildman–Crippen MR) is 124 cm³/mol. The zero-order valence-corrected chi connectivity index (χ0v) is 19.8. The molecule has 0 N–H and O–H groups in total. The second kappa shape index (κ2) is 9.36. The largest absolute Gasteiger partial charge is 0.356 e. The lowest BCUT2D eigenvalue weighted by Gasteiger charge is -2.42. The maximum Gasteiger partial charge on any atom is 0.159 e. The quantitative estimate of drug-likeness (QED) is 0.292. The van der Waals surface area contributed by atoms with E-state index in [1.54, 1.807) is 0 Å². The number of epoxide rings is 1. The molecule has 0 amide bonds. The van der Waals surface area contributed by atoms with Crippen LogP contribution in [-0.2, 0) is 4.74 Å². The maximum atomic E-state index is 15.4. The molecule has 1 heterocycles. The van der Waals surface area contributed by atoms with Gasteiger partial charge in [0, 0.05) is 2.85 Å². The fourth-order valence-corrected chi connectivity index (χ4v) is 7.68. The van der Waals surface area contributed by atoms with Crippen LogP contribution >= 0.6 is 0 Å². The third-order valence-electron chi connectivity index (χ3n) is 9.85. The predicted octanol–water partition coefficient (Wildman–Crippen LogP) is 8.70. The summed E-state index contributed by atoms with van der Waals surface area (Å²) in [5.74, 6) is 3.47. The lowest BCUT2D eigenvalue weighted by molar-refractivity contribution is -0.0106. The average molecular weight is 429 g/mol. The average Bonchev–Trinajstić information content (AvgIpc) is 3.37. The number of hydrogen-bond acceptors (Lipinski definition) is 1. The van der Waals surface area contributed by atoms with Crippen molar-refractivity contribution in [1.29, 1.82) is 0 Å². The first kappa shape index (κ1) is 23.0. The number of ether oxygens (including phenoxy) is 1. The van der Waals surface area contributed by atoms with E-state index in [4.69, 9.17) is 4.74 Å². The van der Waals surface area contributed by atoms with Crippen LogP contribution in [0.5, 0.6) is 0 Å². The highest BCUT2D eigenvalue weighted by molar-refractivity contribution is 5.23. The first-order valence-electron chi connectivity index (χ1n) is 13.4. The molecular weight excluding hydrogens is 378 g/mol. The molecule has 3 saturated carbocycles. The SMILES string of the molecule is CCCCCCC1(C)OC12C(F)CC(C1CCC(C3CCC(C)CC3)CC1)CC2F.[HH].[HH]. The monoisotopic (exact) mass is 428 g/mol. The van der Waals surface area contributed by atoms with Crippen LogP contribution in [0.2, 0.25) is 0 Å². The second-order valence-corrected chi connectivity index (χ2v) is 11.8. The van der Waals surface area contributed by atoms with Gasteiger partial charge in [0.15, 0.2) is 5.60 Å². The fraction of sp³-hybridized carbons (Fsp3) is 1.00. The third-order valence-corrected chi connectivity index (χ3v) is 9.85. The van der Waals surface area contributed by atoms with E-state index < -0.39 is 23.5 Å². The van der Waals surface area contributed by atoms with E-state index in [9.17, 15) is 0 Å². The summed E-state index contributed by atoms with van der Waals surface area (Å²) in [5.41, 5.74) is -1.69. The van der Waals surface area contributed by atoms with Crippen LogP contribution in [0.3, 0.4) is 0 Å². The van der Waals surface area contributed by atoms with Crippen molar-refractivity contribution in [2.24, 2.45) is 29.6 Å². The Morgan fingerprint density at radius 2 is 1.27 bits per heavy atom. The van der Waals surface area contributed by atoms with Gasteiger partial charge in [0.25, 0.3) is 0 Å². The lowest BCUT2D eigenvalue weighted by atomic mass is 9.63. The number of alkyl halides is 2. The summed E-state index contributed by atoms with van der Waals surface area (Å²) in [5, 5.41) is 0. The summed E-state index contributed by atoms with van der Waals surface area (Å²) in [6, 6.07) is 0. The van der Waals surface area contributed by atoms with Gasteiger partial charge in [-0.15, -0.1) is 0 Å². The van der Waals surface area contributed by atoms with Crippen LogP contribution in [0.1, 0.15) is 120 Å². The molecule has 3 unspecified atom stereocenters. The van der Waals surface area contributed by atoms with Crippen LogP contribution in [0, 0.1) is 29.6 Å². The van der Waals surface area contributed by atoms with Gasteiger partial charge in [-0.05, 0) is 94.3 Å². The topological polar surface area (TPSA) is 12.5 Å². The van der Waals surface area contributed by atoms with Gasteiger partial charge in [0.2, 0.25) is 0 Å². The lowest BCUT2D eigenvalue weighted by Crippen LogP contribution is -2.49. The molecule has 3 aliphatic carbocycles. The number of rotatable bonds is 7. The Hall–Kier alpha value is -0.180. The summed E-state index contributed by atoms with van der Waals surface area (Å²) < 4.78 is 36.7. The van der Waals surface area contributed by atoms with Crippen LogP contribution < -0.4 is 0 Å². The highest BCUT2D eigenvalue weighted by atomic mass is 19.1. The van der Waals surface area contributed by atoms with Crippen molar-refractivity contribution in [2.75, 3.05) is 0 Å². The molecule has 0 radical (unpaired) electrons. The minimum absolute atomic E-state index is 0. The zero-order chi connectivity index (χ0) is 21.4. The molecular formula is C27H50F2O. The van der Waals surface area contributed by atoms with Gasteiger partial charge in [0.1, 0.15) is 17.9 Å². The van der Waals surface area contributed by atoms with Crippen molar-refractivity contribution in [1.82, 2.24) is 0 Å². The second-order valence-electron chi connectivity index (χ2n) is 11.8. The standard InChI is InChI=1S/C27H46F2O.2H2/c1-4-5-6-7-16-26(3)27(30-26)24(28)17-23(18-25(27)29)22-14-12-21(13-15-22)20-10-8-19(2)9-11-20;;/h19-25H,4-18H2,1-3H3;2*1H. The Balaban J connectivity index is 0.00000181. The van der Waals surface area contributed by atoms with E-state index in [2.05, 4.69) is 13.8 Å². The molecule has 178 valence electrons. The van der Waals surface area contributed by atoms with Crippen LogP contribution in [0.4, 0.5) is 8.78 Å². The molecule has 0 aromatic heterocycles. The molecule has 1 spiro atoms. The molecule has 3 atom stereocenters. The minimum atomic E-state index is -1.13. The maximum absolute atomic E-state index is 15.4. The Labute approximate surface area is 187 Å². The normalized spacial score (nSPS) is 49.3. The Morgan fingerprint density at radius 1 is 0.767 bits per heavy atom. The summed E-state index contributed by atoms with van der Waals surface area (Å²) in [4.78, 5) is 0. The van der Waals surface area contributed by atoms with Gasteiger partial charge >= 0.3 is 0 Å². The van der Waals surface area contributed by atoms with Crippen LogP contribution in [0.15, 0.2) is 0 Å². The smallest absolute Gasteiger partial charge is 0.159 e. The van der Waals surface area contributed by atoms with Crippen molar-refractivity contribution < 1.29 is 16.4 Å². The van der Waals surface area contributed by atoms with E-state index in [0.717, 1.165) is 37.0 Å². The zero-order valence-electron chi connectivity index (χ0n) is 19.8. The molecule has 0 aromatic rings. The van der Waals surface area contributed by atoms with Crippen LogP contribution in [-0.4, -0.2) is 23.5 Å². The summed E-state index contributed by atoms with van der Waals surface area (Å²) in [6.07, 6.45) is 14.8. The van der Waals surface area contributed by atoms with Crippen molar-refractivity contribution in [3.05, 3.63) is 0 Å². The highest BCUT2D eigenvalue weighted by Gasteiger charge is 2.76. The first-order valence-corrected chi connectivity index (χ1v) is 13.4. The number of halogens is 2. The Bertz CT molecular complexity index is 548. The van der Waals surface area contributed by atoms with E-state index in [1.807, 2.05) is 6.92 Å². The van der Waals surface area contributed by atoms with Gasteiger partial charge in [-0.25, -0.2) is 8.78 Å². The van der Waals surface area contributed by atoms with Crippen molar-refractivity contribution in [2.45, 2.75) is 141 Å². The summed E-state index contributed by atoms with van der Waals surface area (Å²) in [6.45, 7) is 6.55. The Morgan fingerprint density at radius 3 is 1.80 bits per heavy atom. The van der Waals surface area contributed by atoms with Crippen molar-refractivity contribution in [3.63, 3.8) is 0 Å². The molecule has 1 saturated heterocycles. The minimum Gasteiger partial charge on any atom is -0.356 e. The Kier molecular flexibility index (Phi) is 7.17. The molecule has 4 rings (SSSR count). The summed E-state index contributed by atoms with van der Waals surface area (Å²) in [7, 11) is 0. The fourth-order valence-electron chi connectivity index (χ4n) is 7.68. The molecule has 0 aromatic carbocycles. The van der Waals surface area contributed by atoms with Gasteiger partial charge in [-0.3, -0.25) is 0 Å². The van der Waals surface area contributed by atoms with Gasteiger partial charge in [-0.1, -0.05) is 52.4 Å². The van der Waals surface area contributed by atoms with E-state index in [0.29, 0.717) is 18.8 Å².